The Morgan fingerprint density at radius 1 is 1.19 bits per heavy atom. The standard InChI is InChI=1S/C20H24ClN3O2/c1-14-11-17(18(26-2)13-16(14)21)23-19-12-15(7-8-22-19)20(25)24-9-5-3-4-6-10-24/h7-8,11-13H,3-6,9-10H2,1-2H3,(H,22,23). The maximum absolute atomic E-state index is 12.8. The summed E-state index contributed by atoms with van der Waals surface area (Å²) in [5.41, 5.74) is 2.35. The van der Waals surface area contributed by atoms with Gasteiger partial charge in [0.15, 0.2) is 0 Å². The van der Waals surface area contributed by atoms with Crippen LogP contribution in [0.5, 0.6) is 5.75 Å². The van der Waals surface area contributed by atoms with Crippen molar-refractivity contribution in [1.82, 2.24) is 9.88 Å². The molecule has 0 unspecified atom stereocenters. The molecule has 1 fully saturated rings. The van der Waals surface area contributed by atoms with E-state index in [2.05, 4.69) is 10.3 Å². The summed E-state index contributed by atoms with van der Waals surface area (Å²) in [6.45, 7) is 3.59. The number of hydrogen-bond acceptors (Lipinski definition) is 4. The van der Waals surface area contributed by atoms with E-state index in [0.717, 1.165) is 37.2 Å². The molecule has 1 aromatic heterocycles. The van der Waals surface area contributed by atoms with E-state index in [0.29, 0.717) is 22.2 Å². The van der Waals surface area contributed by atoms with Gasteiger partial charge in [-0.1, -0.05) is 24.4 Å². The third-order valence-electron chi connectivity index (χ3n) is 4.64. The molecule has 0 spiro atoms. The number of halogens is 1. The van der Waals surface area contributed by atoms with Crippen molar-refractivity contribution in [2.75, 3.05) is 25.5 Å². The molecule has 1 aliphatic rings. The quantitative estimate of drug-likeness (QED) is 0.835. The molecule has 0 atom stereocenters. The van der Waals surface area contributed by atoms with Gasteiger partial charge in [0.1, 0.15) is 11.6 Å². The van der Waals surface area contributed by atoms with Gasteiger partial charge in [-0.3, -0.25) is 4.79 Å². The van der Waals surface area contributed by atoms with E-state index in [1.807, 2.05) is 17.9 Å². The molecule has 6 heteroatoms. The molecule has 138 valence electrons. The van der Waals surface area contributed by atoms with Gasteiger partial charge >= 0.3 is 0 Å². The predicted molar refractivity (Wildman–Crippen MR) is 105 cm³/mol. The third-order valence-corrected chi connectivity index (χ3v) is 5.05. The summed E-state index contributed by atoms with van der Waals surface area (Å²) in [5.74, 6) is 1.30. The van der Waals surface area contributed by atoms with Gasteiger partial charge < -0.3 is 15.0 Å². The van der Waals surface area contributed by atoms with Crippen molar-refractivity contribution in [2.24, 2.45) is 0 Å². The SMILES string of the molecule is COc1cc(Cl)c(C)cc1Nc1cc(C(=O)N2CCCCCC2)ccn1. The van der Waals surface area contributed by atoms with Gasteiger partial charge in [0.25, 0.3) is 5.91 Å². The molecule has 0 aliphatic carbocycles. The van der Waals surface area contributed by atoms with Crippen LogP contribution >= 0.6 is 11.6 Å². The van der Waals surface area contributed by atoms with E-state index in [-0.39, 0.29) is 5.91 Å². The smallest absolute Gasteiger partial charge is 0.254 e. The first-order valence-corrected chi connectivity index (χ1v) is 9.33. The van der Waals surface area contributed by atoms with Crippen LogP contribution < -0.4 is 10.1 Å². The average molecular weight is 374 g/mol. The van der Waals surface area contributed by atoms with Crippen molar-refractivity contribution in [3.8, 4) is 5.75 Å². The highest BCUT2D eigenvalue weighted by atomic mass is 35.5. The van der Waals surface area contributed by atoms with E-state index in [1.54, 1.807) is 31.5 Å². The third kappa shape index (κ3) is 4.28. The second-order valence-corrected chi connectivity index (χ2v) is 6.97. The summed E-state index contributed by atoms with van der Waals surface area (Å²) in [4.78, 5) is 19.1. The molecule has 0 bridgehead atoms. The second kappa shape index (κ2) is 8.41. The Kier molecular flexibility index (Phi) is 5.99. The molecule has 26 heavy (non-hydrogen) atoms. The van der Waals surface area contributed by atoms with Crippen molar-refractivity contribution in [2.45, 2.75) is 32.6 Å². The lowest BCUT2D eigenvalue weighted by Crippen LogP contribution is -2.31. The molecule has 3 rings (SSSR count). The topological polar surface area (TPSA) is 54.5 Å². The highest BCUT2D eigenvalue weighted by molar-refractivity contribution is 6.31. The maximum atomic E-state index is 12.8. The number of carbonyl (C=O) groups excluding carboxylic acids is 1. The number of pyridine rings is 1. The summed E-state index contributed by atoms with van der Waals surface area (Å²) in [6, 6.07) is 7.23. The zero-order chi connectivity index (χ0) is 18.5. The Hall–Kier alpha value is -2.27. The summed E-state index contributed by atoms with van der Waals surface area (Å²) < 4.78 is 5.39. The number of amides is 1. The number of rotatable bonds is 4. The Morgan fingerprint density at radius 3 is 2.62 bits per heavy atom. The lowest BCUT2D eigenvalue weighted by Gasteiger charge is -2.20. The fraction of sp³-hybridized carbons (Fsp3) is 0.400. The molecular weight excluding hydrogens is 350 g/mol. The van der Waals surface area contributed by atoms with Crippen LogP contribution in [-0.2, 0) is 0 Å². The molecule has 2 heterocycles. The number of benzene rings is 1. The Labute approximate surface area is 159 Å². The number of aryl methyl sites for hydroxylation is 1. The van der Waals surface area contributed by atoms with Crippen LogP contribution in [0.15, 0.2) is 30.5 Å². The molecule has 1 saturated heterocycles. The average Bonchev–Trinajstić information content (AvgIpc) is 2.93. The lowest BCUT2D eigenvalue weighted by atomic mass is 10.2. The number of ether oxygens (including phenoxy) is 1. The van der Waals surface area contributed by atoms with Gasteiger partial charge in [-0.05, 0) is 43.5 Å². The fourth-order valence-electron chi connectivity index (χ4n) is 3.16. The van der Waals surface area contributed by atoms with Crippen molar-refractivity contribution < 1.29 is 9.53 Å². The number of methoxy groups -OCH3 is 1. The summed E-state index contributed by atoms with van der Waals surface area (Å²) in [6.07, 6.45) is 6.19. The van der Waals surface area contributed by atoms with E-state index >= 15 is 0 Å². The van der Waals surface area contributed by atoms with Crippen molar-refractivity contribution >= 4 is 29.0 Å². The lowest BCUT2D eigenvalue weighted by molar-refractivity contribution is 0.0761. The molecule has 1 N–H and O–H groups in total. The van der Waals surface area contributed by atoms with Crippen LogP contribution in [0.2, 0.25) is 5.02 Å². The van der Waals surface area contributed by atoms with Gasteiger partial charge in [0.2, 0.25) is 0 Å². The monoisotopic (exact) mass is 373 g/mol. The van der Waals surface area contributed by atoms with E-state index in [9.17, 15) is 4.79 Å². The number of nitrogens with one attached hydrogen (secondary N) is 1. The number of hydrogen-bond donors (Lipinski definition) is 1. The molecule has 1 aliphatic heterocycles. The summed E-state index contributed by atoms with van der Waals surface area (Å²) in [5, 5.41) is 3.88. The van der Waals surface area contributed by atoms with Crippen LogP contribution in [0.4, 0.5) is 11.5 Å². The zero-order valence-corrected chi connectivity index (χ0v) is 16.0. The molecule has 0 radical (unpaired) electrons. The number of nitrogens with zero attached hydrogens (tertiary/aromatic N) is 2. The Balaban J connectivity index is 1.81. The van der Waals surface area contributed by atoms with E-state index in [4.69, 9.17) is 16.3 Å². The van der Waals surface area contributed by atoms with Crippen LogP contribution in [-0.4, -0.2) is 36.0 Å². The van der Waals surface area contributed by atoms with E-state index < -0.39 is 0 Å². The molecule has 1 amide bonds. The maximum Gasteiger partial charge on any atom is 0.254 e. The fourth-order valence-corrected chi connectivity index (χ4v) is 3.31. The van der Waals surface area contributed by atoms with Gasteiger partial charge in [-0.15, -0.1) is 0 Å². The molecular formula is C20H24ClN3O2. The minimum Gasteiger partial charge on any atom is -0.495 e. The highest BCUT2D eigenvalue weighted by Crippen LogP contribution is 2.32. The predicted octanol–water partition coefficient (Wildman–Crippen LogP) is 4.81. The van der Waals surface area contributed by atoms with Crippen molar-refractivity contribution in [3.05, 3.63) is 46.6 Å². The molecule has 5 nitrogen and oxygen atoms in total. The minimum absolute atomic E-state index is 0.0663. The van der Waals surface area contributed by atoms with E-state index in [1.165, 1.54) is 12.8 Å². The van der Waals surface area contributed by atoms with Gasteiger partial charge in [-0.2, -0.15) is 0 Å². The summed E-state index contributed by atoms with van der Waals surface area (Å²) >= 11 is 6.16. The Morgan fingerprint density at radius 2 is 1.92 bits per heavy atom. The van der Waals surface area contributed by atoms with Gasteiger partial charge in [0, 0.05) is 35.9 Å². The number of aromatic nitrogens is 1. The van der Waals surface area contributed by atoms with Crippen LogP contribution in [0, 0.1) is 6.92 Å². The van der Waals surface area contributed by atoms with Crippen molar-refractivity contribution in [3.63, 3.8) is 0 Å². The first-order chi connectivity index (χ1) is 12.6. The second-order valence-electron chi connectivity index (χ2n) is 6.56. The van der Waals surface area contributed by atoms with Crippen molar-refractivity contribution in [1.29, 1.82) is 0 Å². The first kappa shape index (κ1) is 18.5. The summed E-state index contributed by atoms with van der Waals surface area (Å²) in [7, 11) is 1.60. The Bertz CT molecular complexity index is 787. The number of anilines is 2. The normalized spacial score (nSPS) is 14.7. The zero-order valence-electron chi connectivity index (χ0n) is 15.2. The first-order valence-electron chi connectivity index (χ1n) is 8.95. The van der Waals surface area contributed by atoms with Crippen LogP contribution in [0.1, 0.15) is 41.6 Å². The molecule has 2 aromatic rings. The molecule has 1 aromatic carbocycles. The van der Waals surface area contributed by atoms with Crippen LogP contribution in [0.25, 0.3) is 0 Å². The number of carbonyl (C=O) groups is 1. The van der Waals surface area contributed by atoms with Gasteiger partial charge in [-0.25, -0.2) is 4.98 Å². The largest absolute Gasteiger partial charge is 0.495 e. The minimum atomic E-state index is 0.0663. The van der Waals surface area contributed by atoms with Gasteiger partial charge in [0.05, 0.1) is 12.8 Å². The number of likely N-dealkylation sites (tertiary alicyclic amines) is 1. The molecule has 0 saturated carbocycles. The van der Waals surface area contributed by atoms with Crippen LogP contribution in [0.3, 0.4) is 0 Å². The highest BCUT2D eigenvalue weighted by Gasteiger charge is 2.18.